The number of carbonyl (C=O) groups is 1. The van der Waals surface area contributed by atoms with Gasteiger partial charge in [-0.05, 0) is 54.4 Å². The van der Waals surface area contributed by atoms with Gasteiger partial charge in [0.15, 0.2) is 0 Å². The van der Waals surface area contributed by atoms with Crippen LogP contribution in [-0.2, 0) is 0 Å². The fourth-order valence-corrected chi connectivity index (χ4v) is 6.30. The summed E-state index contributed by atoms with van der Waals surface area (Å²) in [5.41, 5.74) is 2.83. The molecule has 0 aromatic heterocycles. The van der Waals surface area contributed by atoms with E-state index >= 15 is 0 Å². The minimum atomic E-state index is -0.0109. The zero-order valence-electron chi connectivity index (χ0n) is 18.6. The van der Waals surface area contributed by atoms with Gasteiger partial charge in [0.25, 0.3) is 0 Å². The maximum absolute atomic E-state index is 13.3. The summed E-state index contributed by atoms with van der Waals surface area (Å²) in [4.78, 5) is 13.3. The average molecular weight is 396 g/mol. The van der Waals surface area contributed by atoms with E-state index in [1.807, 2.05) is 0 Å². The first kappa shape index (κ1) is 20.4. The SMILES string of the molecule is CCCCCC1=NN(C(=O)N[C@@H]2C(C)(C)[C@H]3CC[C@@]2(C)C3)CC1c1ccccc1. The van der Waals surface area contributed by atoms with Gasteiger partial charge in [-0.1, -0.05) is 70.9 Å². The van der Waals surface area contributed by atoms with Crippen molar-refractivity contribution < 1.29 is 4.79 Å². The Labute approximate surface area is 176 Å². The third-order valence-corrected chi connectivity index (χ3v) is 8.02. The highest BCUT2D eigenvalue weighted by atomic mass is 16.2. The van der Waals surface area contributed by atoms with E-state index in [-0.39, 0.29) is 28.8 Å². The minimum Gasteiger partial charge on any atom is -0.333 e. The van der Waals surface area contributed by atoms with Crippen molar-refractivity contribution in [1.29, 1.82) is 0 Å². The van der Waals surface area contributed by atoms with Crippen LogP contribution in [0.4, 0.5) is 4.79 Å². The first-order valence-electron chi connectivity index (χ1n) is 11.6. The predicted octanol–water partition coefficient (Wildman–Crippen LogP) is 5.95. The molecule has 2 bridgehead atoms. The molecule has 0 spiro atoms. The molecule has 1 aromatic carbocycles. The highest BCUT2D eigenvalue weighted by Crippen LogP contribution is 2.62. The number of hydrogen-bond donors (Lipinski definition) is 1. The second-order valence-corrected chi connectivity index (χ2v) is 10.4. The van der Waals surface area contributed by atoms with Crippen LogP contribution >= 0.6 is 0 Å². The maximum Gasteiger partial charge on any atom is 0.338 e. The quantitative estimate of drug-likeness (QED) is 0.595. The van der Waals surface area contributed by atoms with Gasteiger partial charge in [0, 0.05) is 17.7 Å². The van der Waals surface area contributed by atoms with Crippen LogP contribution in [0.2, 0.25) is 0 Å². The van der Waals surface area contributed by atoms with Crippen LogP contribution < -0.4 is 5.32 Å². The number of fused-ring (bicyclic) bond motifs is 2. The molecule has 3 aliphatic rings. The molecule has 0 saturated heterocycles. The summed E-state index contributed by atoms with van der Waals surface area (Å²) in [5.74, 6) is 0.948. The van der Waals surface area contributed by atoms with Crippen molar-refractivity contribution in [1.82, 2.24) is 10.3 Å². The summed E-state index contributed by atoms with van der Waals surface area (Å²) < 4.78 is 0. The van der Waals surface area contributed by atoms with Crippen LogP contribution in [0.25, 0.3) is 0 Å². The van der Waals surface area contributed by atoms with E-state index in [9.17, 15) is 4.79 Å². The lowest BCUT2D eigenvalue weighted by Crippen LogP contribution is -2.54. The summed E-state index contributed by atoms with van der Waals surface area (Å²) in [5, 5.41) is 9.97. The van der Waals surface area contributed by atoms with Crippen molar-refractivity contribution in [2.75, 3.05) is 6.54 Å². The Hall–Kier alpha value is -1.84. The molecular weight excluding hydrogens is 358 g/mol. The van der Waals surface area contributed by atoms with E-state index in [1.165, 1.54) is 43.4 Å². The largest absolute Gasteiger partial charge is 0.338 e. The number of benzene rings is 1. The first-order chi connectivity index (χ1) is 13.8. The fraction of sp³-hybridized carbons (Fsp3) is 0.680. The number of amides is 2. The maximum atomic E-state index is 13.3. The van der Waals surface area contributed by atoms with Gasteiger partial charge in [-0.25, -0.2) is 9.80 Å². The molecule has 1 unspecified atom stereocenters. The molecule has 1 aliphatic heterocycles. The number of rotatable bonds is 6. The van der Waals surface area contributed by atoms with Crippen LogP contribution in [0, 0.1) is 16.7 Å². The summed E-state index contributed by atoms with van der Waals surface area (Å²) >= 11 is 0. The predicted molar refractivity (Wildman–Crippen MR) is 119 cm³/mol. The molecular formula is C25H37N3O. The van der Waals surface area contributed by atoms with Gasteiger partial charge < -0.3 is 5.32 Å². The molecule has 2 aliphatic carbocycles. The van der Waals surface area contributed by atoms with Gasteiger partial charge in [-0.2, -0.15) is 5.10 Å². The van der Waals surface area contributed by atoms with Crippen molar-refractivity contribution in [3.05, 3.63) is 35.9 Å². The molecule has 2 fully saturated rings. The lowest BCUT2D eigenvalue weighted by molar-refractivity contribution is 0.106. The first-order valence-corrected chi connectivity index (χ1v) is 11.6. The van der Waals surface area contributed by atoms with E-state index in [2.05, 4.69) is 63.3 Å². The molecule has 4 atom stereocenters. The van der Waals surface area contributed by atoms with Gasteiger partial charge in [0.2, 0.25) is 0 Å². The Morgan fingerprint density at radius 3 is 2.62 bits per heavy atom. The number of hydrogen-bond acceptors (Lipinski definition) is 2. The van der Waals surface area contributed by atoms with Crippen molar-refractivity contribution in [2.24, 2.45) is 21.8 Å². The van der Waals surface area contributed by atoms with Gasteiger partial charge in [-0.3, -0.25) is 0 Å². The lowest BCUT2D eigenvalue weighted by atomic mass is 9.68. The molecule has 4 heteroatoms. The van der Waals surface area contributed by atoms with E-state index in [0.29, 0.717) is 6.54 Å². The third-order valence-electron chi connectivity index (χ3n) is 8.02. The molecule has 4 rings (SSSR count). The van der Waals surface area contributed by atoms with Crippen molar-refractivity contribution in [3.63, 3.8) is 0 Å². The Bertz CT molecular complexity index is 767. The van der Waals surface area contributed by atoms with Crippen molar-refractivity contribution >= 4 is 11.7 Å². The smallest absolute Gasteiger partial charge is 0.333 e. The number of unbranched alkanes of at least 4 members (excludes halogenated alkanes) is 2. The van der Waals surface area contributed by atoms with Crippen LogP contribution in [0.3, 0.4) is 0 Å². The van der Waals surface area contributed by atoms with E-state index in [0.717, 1.165) is 18.8 Å². The summed E-state index contributed by atoms with van der Waals surface area (Å²) in [6, 6.07) is 10.8. The Morgan fingerprint density at radius 2 is 1.97 bits per heavy atom. The van der Waals surface area contributed by atoms with Crippen molar-refractivity contribution in [2.45, 2.75) is 84.6 Å². The Kier molecular flexibility index (Phi) is 5.48. The topological polar surface area (TPSA) is 44.7 Å². The Morgan fingerprint density at radius 1 is 1.21 bits per heavy atom. The molecule has 1 aromatic rings. The lowest BCUT2D eigenvalue weighted by Gasteiger charge is -2.43. The van der Waals surface area contributed by atoms with Crippen LogP contribution in [0.15, 0.2) is 35.4 Å². The number of nitrogens with one attached hydrogen (secondary N) is 1. The number of urea groups is 1. The molecule has 29 heavy (non-hydrogen) atoms. The van der Waals surface area contributed by atoms with E-state index in [1.54, 1.807) is 5.01 Å². The van der Waals surface area contributed by atoms with Gasteiger partial charge in [0.05, 0.1) is 6.54 Å². The van der Waals surface area contributed by atoms with Gasteiger partial charge in [0.1, 0.15) is 0 Å². The zero-order chi connectivity index (χ0) is 20.6. The number of hydrazone groups is 1. The molecule has 2 amide bonds. The molecule has 2 saturated carbocycles. The second-order valence-electron chi connectivity index (χ2n) is 10.4. The highest BCUT2D eigenvalue weighted by Gasteiger charge is 2.60. The minimum absolute atomic E-state index is 0.0109. The van der Waals surface area contributed by atoms with Gasteiger partial charge >= 0.3 is 6.03 Å². The van der Waals surface area contributed by atoms with Crippen LogP contribution in [0.5, 0.6) is 0 Å². The summed E-state index contributed by atoms with van der Waals surface area (Å²) in [6.07, 6.45) is 8.30. The summed E-state index contributed by atoms with van der Waals surface area (Å²) in [7, 11) is 0. The zero-order valence-corrected chi connectivity index (χ0v) is 18.6. The van der Waals surface area contributed by atoms with E-state index < -0.39 is 0 Å². The standard InChI is InChI=1S/C25H37N3O/c1-5-6-8-13-21-20(18-11-9-7-10-12-18)17-28(27-21)23(29)26-22-24(2,3)19-14-15-25(22,4)16-19/h7,9-12,19-20,22H,5-6,8,13-17H2,1-4H3,(H,26,29)/t19-,20?,22+,25-/m0/s1. The Balaban J connectivity index is 1.49. The van der Waals surface area contributed by atoms with Gasteiger partial charge in [-0.15, -0.1) is 0 Å². The molecule has 158 valence electrons. The number of carbonyl (C=O) groups excluding carboxylic acids is 1. The molecule has 1 heterocycles. The monoisotopic (exact) mass is 395 g/mol. The summed E-state index contributed by atoms with van der Waals surface area (Å²) in [6.45, 7) is 9.92. The third kappa shape index (κ3) is 3.71. The fourth-order valence-electron chi connectivity index (χ4n) is 6.30. The molecule has 0 radical (unpaired) electrons. The highest BCUT2D eigenvalue weighted by molar-refractivity contribution is 5.94. The molecule has 1 N–H and O–H groups in total. The normalized spacial score (nSPS) is 32.5. The second kappa shape index (κ2) is 7.77. The average Bonchev–Trinajstić information content (AvgIpc) is 3.35. The number of nitrogens with zero attached hydrogens (tertiary/aromatic N) is 2. The van der Waals surface area contributed by atoms with Crippen LogP contribution in [-0.4, -0.2) is 29.3 Å². The molecule has 4 nitrogen and oxygen atoms in total. The van der Waals surface area contributed by atoms with Crippen LogP contribution in [0.1, 0.15) is 84.1 Å². The van der Waals surface area contributed by atoms with E-state index in [4.69, 9.17) is 5.10 Å². The van der Waals surface area contributed by atoms with Crippen molar-refractivity contribution in [3.8, 4) is 0 Å².